The molecule has 0 fully saturated rings. The van der Waals surface area contributed by atoms with Crippen LogP contribution >= 0.6 is 11.6 Å². The summed E-state index contributed by atoms with van der Waals surface area (Å²) < 4.78 is 11.9. The average Bonchev–Trinajstić information content (AvgIpc) is 2.79. The third-order valence-corrected chi connectivity index (χ3v) is 5.00. The van der Waals surface area contributed by atoms with E-state index in [0.717, 1.165) is 34.1 Å². The Bertz CT molecular complexity index is 1080. The number of anilines is 1. The summed E-state index contributed by atoms with van der Waals surface area (Å²) in [4.78, 5) is 0. The molecule has 4 aromatic carbocycles. The molecule has 0 spiro atoms. The minimum Gasteiger partial charge on any atom is -0.488 e. The number of para-hydroxylation sites is 2. The molecule has 0 atom stereocenters. The molecule has 30 heavy (non-hydrogen) atoms. The Balaban J connectivity index is 1.36. The van der Waals surface area contributed by atoms with E-state index in [1.165, 1.54) is 0 Å². The zero-order chi connectivity index (χ0) is 20.6. The molecule has 0 saturated heterocycles. The van der Waals surface area contributed by atoms with Crippen molar-refractivity contribution in [2.45, 2.75) is 13.2 Å². The van der Waals surface area contributed by atoms with Gasteiger partial charge in [-0.25, -0.2) is 0 Å². The van der Waals surface area contributed by atoms with Crippen LogP contribution in [0.25, 0.3) is 0 Å². The van der Waals surface area contributed by atoms with Crippen molar-refractivity contribution in [1.82, 2.24) is 0 Å². The van der Waals surface area contributed by atoms with E-state index in [-0.39, 0.29) is 0 Å². The van der Waals surface area contributed by atoms with E-state index >= 15 is 0 Å². The predicted molar refractivity (Wildman–Crippen MR) is 123 cm³/mol. The molecular weight excluding hydrogens is 394 g/mol. The fraction of sp³-hybridized carbons (Fsp3) is 0.0769. The van der Waals surface area contributed by atoms with Crippen molar-refractivity contribution >= 4 is 17.3 Å². The van der Waals surface area contributed by atoms with E-state index in [0.29, 0.717) is 18.2 Å². The first-order valence-electron chi connectivity index (χ1n) is 9.79. The Morgan fingerprint density at radius 3 is 2.03 bits per heavy atom. The zero-order valence-corrected chi connectivity index (χ0v) is 17.2. The van der Waals surface area contributed by atoms with Gasteiger partial charge in [-0.2, -0.15) is 0 Å². The Morgan fingerprint density at radius 1 is 0.633 bits per heavy atom. The van der Waals surface area contributed by atoms with Gasteiger partial charge < -0.3 is 14.8 Å². The van der Waals surface area contributed by atoms with Crippen LogP contribution in [0.2, 0.25) is 5.02 Å². The van der Waals surface area contributed by atoms with Gasteiger partial charge in [0, 0.05) is 28.4 Å². The molecule has 0 saturated carbocycles. The minimum absolute atomic E-state index is 0.433. The molecule has 3 nitrogen and oxygen atoms in total. The highest BCUT2D eigenvalue weighted by molar-refractivity contribution is 6.31. The largest absolute Gasteiger partial charge is 0.488 e. The first-order chi connectivity index (χ1) is 14.8. The topological polar surface area (TPSA) is 30.5 Å². The molecule has 0 bridgehead atoms. The normalized spacial score (nSPS) is 10.4. The molecule has 0 aliphatic carbocycles. The Labute approximate surface area is 181 Å². The van der Waals surface area contributed by atoms with Gasteiger partial charge in [0.05, 0.1) is 0 Å². The summed E-state index contributed by atoms with van der Waals surface area (Å²) in [5.41, 5.74) is 3.06. The summed E-state index contributed by atoms with van der Waals surface area (Å²) in [6, 6.07) is 33.4. The molecule has 4 rings (SSSR count). The van der Waals surface area contributed by atoms with Crippen molar-refractivity contribution in [3.05, 3.63) is 119 Å². The number of benzene rings is 4. The lowest BCUT2D eigenvalue weighted by Crippen LogP contribution is -2.04. The monoisotopic (exact) mass is 415 g/mol. The zero-order valence-electron chi connectivity index (χ0n) is 16.4. The maximum atomic E-state index is 6.23. The molecule has 0 aromatic heterocycles. The van der Waals surface area contributed by atoms with Gasteiger partial charge in [0.15, 0.2) is 0 Å². The van der Waals surface area contributed by atoms with E-state index < -0.39 is 0 Å². The van der Waals surface area contributed by atoms with E-state index in [1.54, 1.807) is 0 Å². The van der Waals surface area contributed by atoms with Crippen molar-refractivity contribution in [3.63, 3.8) is 0 Å². The lowest BCUT2D eigenvalue weighted by molar-refractivity contribution is 0.303. The van der Waals surface area contributed by atoms with Crippen molar-refractivity contribution in [1.29, 1.82) is 0 Å². The van der Waals surface area contributed by atoms with Gasteiger partial charge >= 0.3 is 0 Å². The van der Waals surface area contributed by atoms with Crippen molar-refractivity contribution < 1.29 is 9.47 Å². The van der Waals surface area contributed by atoms with Crippen LogP contribution in [0.4, 0.5) is 5.69 Å². The molecule has 0 unspecified atom stereocenters. The highest BCUT2D eigenvalue weighted by Crippen LogP contribution is 2.25. The maximum Gasteiger partial charge on any atom is 0.127 e. The van der Waals surface area contributed by atoms with Crippen LogP contribution in [-0.2, 0) is 13.2 Å². The van der Waals surface area contributed by atoms with Gasteiger partial charge in [0.1, 0.15) is 23.9 Å². The molecule has 1 N–H and O–H groups in total. The summed E-state index contributed by atoms with van der Waals surface area (Å²) in [5, 5.41) is 4.15. The summed E-state index contributed by atoms with van der Waals surface area (Å²) in [5.74, 6) is 2.46. The van der Waals surface area contributed by atoms with Gasteiger partial charge in [-0.3, -0.25) is 0 Å². The molecule has 4 aromatic rings. The molecule has 150 valence electrons. The molecule has 0 aliphatic rings. The molecule has 0 radical (unpaired) electrons. The summed E-state index contributed by atoms with van der Waals surface area (Å²) >= 11 is 6.23. The van der Waals surface area contributed by atoms with Crippen LogP contribution in [0, 0.1) is 0 Å². The number of hydrogen-bond donors (Lipinski definition) is 1. The van der Waals surface area contributed by atoms with Crippen molar-refractivity contribution in [2.24, 2.45) is 0 Å². The number of nitrogens with one attached hydrogen (secondary N) is 1. The fourth-order valence-electron chi connectivity index (χ4n) is 3.02. The summed E-state index contributed by atoms with van der Waals surface area (Å²) in [7, 11) is 0. The predicted octanol–water partition coefficient (Wildman–Crippen LogP) is 7.32. The average molecular weight is 416 g/mol. The van der Waals surface area contributed by atoms with Crippen LogP contribution in [0.1, 0.15) is 11.1 Å². The minimum atomic E-state index is 0.433. The van der Waals surface area contributed by atoms with Crippen LogP contribution < -0.4 is 14.8 Å². The van der Waals surface area contributed by atoms with Gasteiger partial charge in [-0.15, -0.1) is 0 Å². The smallest absolute Gasteiger partial charge is 0.127 e. The second-order valence-electron chi connectivity index (χ2n) is 6.78. The molecular formula is C26H22ClNO2. The Morgan fingerprint density at radius 2 is 1.27 bits per heavy atom. The third-order valence-electron chi connectivity index (χ3n) is 4.63. The van der Waals surface area contributed by atoms with E-state index in [2.05, 4.69) is 11.4 Å². The number of hydrogen-bond acceptors (Lipinski definition) is 3. The molecule has 0 aliphatic heterocycles. The van der Waals surface area contributed by atoms with Crippen molar-refractivity contribution in [2.75, 3.05) is 5.32 Å². The van der Waals surface area contributed by atoms with E-state index in [1.807, 2.05) is 97.1 Å². The highest BCUT2D eigenvalue weighted by Gasteiger charge is 2.06. The van der Waals surface area contributed by atoms with Gasteiger partial charge in [0.25, 0.3) is 0 Å². The Kier molecular flexibility index (Phi) is 6.53. The second kappa shape index (κ2) is 9.86. The molecule has 0 amide bonds. The maximum absolute atomic E-state index is 6.23. The first kappa shape index (κ1) is 19.9. The number of ether oxygens (including phenoxy) is 2. The lowest BCUT2D eigenvalue weighted by atomic mass is 10.2. The van der Waals surface area contributed by atoms with Crippen LogP contribution in [0.15, 0.2) is 103 Å². The summed E-state index contributed by atoms with van der Waals surface area (Å²) in [6.07, 6.45) is 0. The lowest BCUT2D eigenvalue weighted by Gasteiger charge is -2.14. The third kappa shape index (κ3) is 5.34. The van der Waals surface area contributed by atoms with E-state index in [9.17, 15) is 0 Å². The van der Waals surface area contributed by atoms with Crippen LogP contribution in [0.3, 0.4) is 0 Å². The van der Waals surface area contributed by atoms with Gasteiger partial charge in [-0.1, -0.05) is 66.2 Å². The summed E-state index contributed by atoms with van der Waals surface area (Å²) in [6.45, 7) is 1.08. The second-order valence-corrected chi connectivity index (χ2v) is 7.19. The van der Waals surface area contributed by atoms with Gasteiger partial charge in [-0.05, 0) is 48.5 Å². The first-order valence-corrected chi connectivity index (χ1v) is 10.2. The Hall–Kier alpha value is -3.43. The molecule has 4 heteroatoms. The van der Waals surface area contributed by atoms with Crippen molar-refractivity contribution in [3.8, 4) is 17.2 Å². The van der Waals surface area contributed by atoms with Gasteiger partial charge in [0.2, 0.25) is 0 Å². The fourth-order valence-corrected chi connectivity index (χ4v) is 3.21. The van der Waals surface area contributed by atoms with E-state index in [4.69, 9.17) is 21.1 Å². The standard InChI is InChI=1S/C26H22ClNO2/c27-25-12-6-4-9-21(25)19-29-26-13-7-5-8-20(26)18-28-22-14-16-24(17-15-22)30-23-10-2-1-3-11-23/h1-17,28H,18-19H2. The van der Waals surface area contributed by atoms with Crippen LogP contribution in [0.5, 0.6) is 17.2 Å². The number of rotatable bonds is 8. The molecule has 0 heterocycles. The highest BCUT2D eigenvalue weighted by atomic mass is 35.5. The SMILES string of the molecule is Clc1ccccc1COc1ccccc1CNc1ccc(Oc2ccccc2)cc1. The van der Waals surface area contributed by atoms with Crippen LogP contribution in [-0.4, -0.2) is 0 Å². The quantitative estimate of drug-likeness (QED) is 0.327. The number of halogens is 1.